The Hall–Kier alpha value is -0.360. The lowest BCUT2D eigenvalue weighted by molar-refractivity contribution is -0.134. The summed E-state index contributed by atoms with van der Waals surface area (Å²) in [5.41, 5.74) is 0. The van der Waals surface area contributed by atoms with Crippen molar-refractivity contribution in [1.29, 1.82) is 0 Å². The highest BCUT2D eigenvalue weighted by atomic mass is 35.5. The fourth-order valence-corrected chi connectivity index (χ4v) is 2.74. The molecule has 6 heteroatoms. The molecular formula is C13H25ClN2O3. The van der Waals surface area contributed by atoms with E-state index in [1.807, 2.05) is 0 Å². The lowest BCUT2D eigenvalue weighted by Crippen LogP contribution is -2.49. The first-order chi connectivity index (χ1) is 8.77. The first kappa shape index (κ1) is 16.7. The first-order valence-electron chi connectivity index (χ1n) is 7.05. The predicted molar refractivity (Wildman–Crippen MR) is 75.4 cm³/mol. The number of aliphatic hydroxyl groups is 1. The van der Waals surface area contributed by atoms with Crippen LogP contribution in [0.4, 0.5) is 0 Å². The van der Waals surface area contributed by atoms with Crippen molar-refractivity contribution in [1.82, 2.24) is 10.6 Å². The molecule has 1 saturated carbocycles. The third-order valence-corrected chi connectivity index (χ3v) is 3.90. The number of morpholine rings is 1. The molecule has 0 spiro atoms. The topological polar surface area (TPSA) is 70.6 Å². The molecule has 2 unspecified atom stereocenters. The Morgan fingerprint density at radius 1 is 1.37 bits per heavy atom. The molecule has 2 atom stereocenters. The lowest BCUT2D eigenvalue weighted by atomic mass is 9.85. The molecule has 0 aromatic rings. The molecule has 0 radical (unpaired) electrons. The van der Waals surface area contributed by atoms with Crippen molar-refractivity contribution in [2.24, 2.45) is 5.92 Å². The molecule has 1 aliphatic carbocycles. The van der Waals surface area contributed by atoms with Crippen LogP contribution in [0.15, 0.2) is 0 Å². The fourth-order valence-electron chi connectivity index (χ4n) is 2.74. The van der Waals surface area contributed by atoms with Gasteiger partial charge in [-0.2, -0.15) is 0 Å². The Kier molecular flexibility index (Phi) is 7.68. The van der Waals surface area contributed by atoms with Gasteiger partial charge >= 0.3 is 0 Å². The van der Waals surface area contributed by atoms with Gasteiger partial charge in [0.05, 0.1) is 12.7 Å². The van der Waals surface area contributed by atoms with E-state index in [0.717, 1.165) is 19.4 Å². The highest BCUT2D eigenvalue weighted by molar-refractivity contribution is 5.85. The molecule has 2 aliphatic rings. The van der Waals surface area contributed by atoms with E-state index in [4.69, 9.17) is 4.74 Å². The van der Waals surface area contributed by atoms with Crippen LogP contribution in [0.25, 0.3) is 0 Å². The van der Waals surface area contributed by atoms with Gasteiger partial charge in [-0.25, -0.2) is 0 Å². The molecule has 1 amide bonds. The Labute approximate surface area is 120 Å². The van der Waals surface area contributed by atoms with Crippen LogP contribution in [0.3, 0.4) is 0 Å². The normalized spacial score (nSPS) is 26.3. The van der Waals surface area contributed by atoms with Crippen LogP contribution in [0.2, 0.25) is 0 Å². The van der Waals surface area contributed by atoms with Gasteiger partial charge in [-0.05, 0) is 18.8 Å². The fraction of sp³-hybridized carbons (Fsp3) is 0.923. The summed E-state index contributed by atoms with van der Waals surface area (Å²) in [7, 11) is 0. The van der Waals surface area contributed by atoms with Crippen LogP contribution in [-0.2, 0) is 9.53 Å². The monoisotopic (exact) mass is 292 g/mol. The van der Waals surface area contributed by atoms with Crippen LogP contribution < -0.4 is 10.6 Å². The number of hydrogen-bond donors (Lipinski definition) is 3. The molecule has 0 aromatic heterocycles. The number of aliphatic hydroxyl groups excluding tert-OH is 1. The van der Waals surface area contributed by atoms with Crippen molar-refractivity contribution in [3.05, 3.63) is 0 Å². The Morgan fingerprint density at radius 3 is 2.74 bits per heavy atom. The second-order valence-electron chi connectivity index (χ2n) is 5.27. The van der Waals surface area contributed by atoms with Crippen molar-refractivity contribution in [3.63, 3.8) is 0 Å². The summed E-state index contributed by atoms with van der Waals surface area (Å²) >= 11 is 0. The summed E-state index contributed by atoms with van der Waals surface area (Å²) in [4.78, 5) is 11.8. The zero-order chi connectivity index (χ0) is 12.8. The van der Waals surface area contributed by atoms with E-state index in [0.29, 0.717) is 25.6 Å². The quantitative estimate of drug-likeness (QED) is 0.704. The average molecular weight is 293 g/mol. The molecule has 112 valence electrons. The summed E-state index contributed by atoms with van der Waals surface area (Å²) in [5, 5.41) is 16.0. The van der Waals surface area contributed by atoms with Gasteiger partial charge in [0.25, 0.3) is 5.91 Å². The highest BCUT2D eigenvalue weighted by Crippen LogP contribution is 2.26. The Bertz CT molecular complexity index is 267. The molecule has 1 aliphatic heterocycles. The average Bonchev–Trinajstić information content (AvgIpc) is 2.46. The van der Waals surface area contributed by atoms with Gasteiger partial charge in [-0.3, -0.25) is 4.79 Å². The number of ether oxygens (including phenoxy) is 1. The molecule has 0 bridgehead atoms. The molecule has 19 heavy (non-hydrogen) atoms. The number of rotatable bonds is 4. The first-order valence-corrected chi connectivity index (χ1v) is 7.05. The second-order valence-corrected chi connectivity index (χ2v) is 5.27. The molecule has 0 aromatic carbocycles. The van der Waals surface area contributed by atoms with Crippen molar-refractivity contribution >= 4 is 18.3 Å². The van der Waals surface area contributed by atoms with E-state index < -0.39 is 12.2 Å². The van der Waals surface area contributed by atoms with Crippen LogP contribution in [0, 0.1) is 5.92 Å². The van der Waals surface area contributed by atoms with Crippen molar-refractivity contribution in [2.45, 2.75) is 44.3 Å². The maximum absolute atomic E-state index is 11.8. The second kappa shape index (κ2) is 8.74. The molecular weight excluding hydrogens is 268 g/mol. The van der Waals surface area contributed by atoms with E-state index in [1.165, 1.54) is 19.3 Å². The minimum absolute atomic E-state index is 0. The molecule has 2 fully saturated rings. The van der Waals surface area contributed by atoms with E-state index in [2.05, 4.69) is 10.6 Å². The smallest absolute Gasteiger partial charge is 0.250 e. The summed E-state index contributed by atoms with van der Waals surface area (Å²) < 4.78 is 5.36. The lowest BCUT2D eigenvalue weighted by Gasteiger charge is -2.28. The molecule has 1 saturated heterocycles. The van der Waals surface area contributed by atoms with E-state index in [9.17, 15) is 9.90 Å². The summed E-state index contributed by atoms with van der Waals surface area (Å²) in [5.74, 6) is 0.238. The molecule has 5 nitrogen and oxygen atoms in total. The maximum atomic E-state index is 11.8. The van der Waals surface area contributed by atoms with Crippen molar-refractivity contribution in [3.8, 4) is 0 Å². The number of nitrogens with one attached hydrogen (secondary N) is 2. The third-order valence-electron chi connectivity index (χ3n) is 3.90. The summed E-state index contributed by atoms with van der Waals surface area (Å²) in [6, 6.07) is 0. The Morgan fingerprint density at radius 2 is 2.11 bits per heavy atom. The van der Waals surface area contributed by atoms with Crippen molar-refractivity contribution in [2.75, 3.05) is 26.2 Å². The van der Waals surface area contributed by atoms with Crippen LogP contribution in [-0.4, -0.2) is 49.5 Å². The number of halogens is 1. The van der Waals surface area contributed by atoms with Crippen LogP contribution >= 0.6 is 12.4 Å². The minimum atomic E-state index is -0.411. The minimum Gasteiger partial charge on any atom is -0.391 e. The molecule has 1 heterocycles. The largest absolute Gasteiger partial charge is 0.391 e. The SMILES string of the molecule is Cl.O=C(NCC(O)C1CCCCC1)C1CNCCO1. The van der Waals surface area contributed by atoms with Gasteiger partial charge in [0.2, 0.25) is 0 Å². The highest BCUT2D eigenvalue weighted by Gasteiger charge is 2.25. The molecule has 2 rings (SSSR count). The van der Waals surface area contributed by atoms with Gasteiger partial charge in [-0.15, -0.1) is 12.4 Å². The predicted octanol–water partition coefficient (Wildman–Crippen LogP) is 0.454. The zero-order valence-electron chi connectivity index (χ0n) is 11.3. The van der Waals surface area contributed by atoms with Gasteiger partial charge < -0.3 is 20.5 Å². The van der Waals surface area contributed by atoms with Gasteiger partial charge in [0, 0.05) is 19.6 Å². The van der Waals surface area contributed by atoms with Crippen molar-refractivity contribution < 1.29 is 14.6 Å². The standard InChI is InChI=1S/C13H24N2O3.ClH/c16-11(10-4-2-1-3-5-10)8-15-13(17)12-9-14-6-7-18-12;/h10-12,14,16H,1-9H2,(H,15,17);1H. The number of hydrogen-bond acceptors (Lipinski definition) is 4. The van der Waals surface area contributed by atoms with Gasteiger partial charge in [0.15, 0.2) is 0 Å². The maximum Gasteiger partial charge on any atom is 0.250 e. The summed E-state index contributed by atoms with van der Waals surface area (Å²) in [6.07, 6.45) is 5.02. The van der Waals surface area contributed by atoms with Crippen LogP contribution in [0.5, 0.6) is 0 Å². The van der Waals surface area contributed by atoms with Crippen LogP contribution in [0.1, 0.15) is 32.1 Å². The number of carbonyl (C=O) groups excluding carboxylic acids is 1. The third kappa shape index (κ3) is 5.26. The summed E-state index contributed by atoms with van der Waals surface area (Å²) in [6.45, 7) is 2.28. The van der Waals surface area contributed by atoms with E-state index in [-0.39, 0.29) is 18.3 Å². The van der Waals surface area contributed by atoms with E-state index >= 15 is 0 Å². The zero-order valence-corrected chi connectivity index (χ0v) is 12.1. The van der Waals surface area contributed by atoms with Gasteiger partial charge in [-0.1, -0.05) is 19.3 Å². The molecule has 3 N–H and O–H groups in total. The number of carbonyl (C=O) groups is 1. The van der Waals surface area contributed by atoms with E-state index in [1.54, 1.807) is 0 Å². The van der Waals surface area contributed by atoms with Gasteiger partial charge in [0.1, 0.15) is 6.10 Å². The Balaban J connectivity index is 0.00000180. The number of amides is 1.